The molecule has 0 saturated carbocycles. The van der Waals surface area contributed by atoms with Crippen molar-refractivity contribution in [1.29, 1.82) is 0 Å². The van der Waals surface area contributed by atoms with E-state index in [1.807, 2.05) is 19.1 Å². The summed E-state index contributed by atoms with van der Waals surface area (Å²) < 4.78 is 4.97. The molecule has 0 aliphatic carbocycles. The zero-order chi connectivity index (χ0) is 28.9. The van der Waals surface area contributed by atoms with E-state index in [1.165, 1.54) is 0 Å². The van der Waals surface area contributed by atoms with Crippen LogP contribution in [-0.2, 0) is 19.1 Å². The molecule has 3 aliphatic heterocycles. The Morgan fingerprint density at radius 3 is 2.70 bits per heavy atom. The lowest BCUT2D eigenvalue weighted by atomic mass is 9.71. The number of benzene rings is 1. The fraction of sp³-hybridized carbons (Fsp3) is 0.581. The van der Waals surface area contributed by atoms with Crippen LogP contribution in [0.2, 0.25) is 5.02 Å². The second-order valence-electron chi connectivity index (χ2n) is 11.0. The van der Waals surface area contributed by atoms with E-state index >= 15 is 0 Å². The summed E-state index contributed by atoms with van der Waals surface area (Å²) in [6, 6.07) is 4.82. The van der Waals surface area contributed by atoms with Crippen LogP contribution in [0.1, 0.15) is 56.9 Å². The highest BCUT2D eigenvalue weighted by Crippen LogP contribution is 2.66. The molecule has 4 rings (SSSR count). The molecule has 3 fully saturated rings. The van der Waals surface area contributed by atoms with E-state index in [9.17, 15) is 14.4 Å². The maximum absolute atomic E-state index is 14.6. The molecule has 2 unspecified atom stereocenters. The Morgan fingerprint density at radius 2 is 2.00 bits per heavy atom. The highest BCUT2D eigenvalue weighted by Gasteiger charge is 2.74. The number of nitrogens with zero attached hydrogens (tertiary/aromatic N) is 2. The van der Waals surface area contributed by atoms with Gasteiger partial charge in [-0.15, -0.1) is 24.9 Å². The van der Waals surface area contributed by atoms with Gasteiger partial charge < -0.3 is 19.6 Å². The standard InChI is InChI=1S/C31H41ClN2O5S/c1-4-6-11-20-39-30(38)24-23-15-16-31(40-23)25(24)28(36)34(18-9-7-8-10-19-35)27(31)29(37)33(17-5-2)26-21(3)13-12-14-22(26)32/h4-5,12-14,23-25,27,35H,1-2,6-11,15-20H2,3H3/t23-,24+,25-,27?,31?/m0/s1. The summed E-state index contributed by atoms with van der Waals surface area (Å²) >= 11 is 8.27. The molecule has 0 radical (unpaired) electrons. The second kappa shape index (κ2) is 13.6. The van der Waals surface area contributed by atoms with Gasteiger partial charge >= 0.3 is 5.97 Å². The first-order valence-corrected chi connectivity index (χ1v) is 15.6. The van der Waals surface area contributed by atoms with E-state index in [0.717, 1.165) is 37.7 Å². The fourth-order valence-electron chi connectivity index (χ4n) is 6.72. The number of para-hydroxylation sites is 1. The van der Waals surface area contributed by atoms with Gasteiger partial charge in [-0.25, -0.2) is 0 Å². The van der Waals surface area contributed by atoms with Crippen molar-refractivity contribution in [3.8, 4) is 0 Å². The molecule has 40 heavy (non-hydrogen) atoms. The summed E-state index contributed by atoms with van der Waals surface area (Å²) in [7, 11) is 0. The lowest BCUT2D eigenvalue weighted by molar-refractivity contribution is -0.154. The van der Waals surface area contributed by atoms with Crippen LogP contribution < -0.4 is 4.90 Å². The molecule has 218 valence electrons. The van der Waals surface area contributed by atoms with Crippen molar-refractivity contribution in [2.75, 3.05) is 31.2 Å². The summed E-state index contributed by atoms with van der Waals surface area (Å²) in [5.41, 5.74) is 1.49. The number of unbranched alkanes of at least 4 members (excludes halogenated alkanes) is 4. The first-order chi connectivity index (χ1) is 19.3. The first kappa shape index (κ1) is 30.7. The van der Waals surface area contributed by atoms with Crippen LogP contribution >= 0.6 is 23.4 Å². The number of fused-ring (bicyclic) bond motifs is 1. The lowest BCUT2D eigenvalue weighted by Crippen LogP contribution is -2.55. The van der Waals surface area contributed by atoms with E-state index in [-0.39, 0.29) is 36.2 Å². The minimum Gasteiger partial charge on any atom is -0.465 e. The van der Waals surface area contributed by atoms with E-state index < -0.39 is 22.6 Å². The molecule has 1 spiro atoms. The number of rotatable bonds is 15. The number of halogens is 1. The molecule has 5 atom stereocenters. The van der Waals surface area contributed by atoms with Gasteiger partial charge in [0.25, 0.3) is 5.91 Å². The second-order valence-corrected chi connectivity index (χ2v) is 13.0. The predicted molar refractivity (Wildman–Crippen MR) is 161 cm³/mol. The van der Waals surface area contributed by atoms with Crippen LogP contribution in [0.4, 0.5) is 5.69 Å². The average Bonchev–Trinajstić information content (AvgIpc) is 3.57. The molecule has 7 nitrogen and oxygen atoms in total. The van der Waals surface area contributed by atoms with Gasteiger partial charge in [-0.05, 0) is 57.1 Å². The third-order valence-corrected chi connectivity index (χ3v) is 10.7. The molecule has 1 aromatic rings. The van der Waals surface area contributed by atoms with Crippen molar-refractivity contribution in [3.05, 3.63) is 54.1 Å². The van der Waals surface area contributed by atoms with Gasteiger partial charge in [-0.1, -0.05) is 48.7 Å². The molecule has 1 aromatic carbocycles. The summed E-state index contributed by atoms with van der Waals surface area (Å²) in [4.78, 5) is 45.6. The molecule has 0 aromatic heterocycles. The number of carbonyl (C=O) groups is 3. The summed E-state index contributed by atoms with van der Waals surface area (Å²) in [6.07, 6.45) is 9.49. The van der Waals surface area contributed by atoms with Crippen molar-refractivity contribution < 1.29 is 24.2 Å². The number of esters is 1. The number of amides is 2. The zero-order valence-corrected chi connectivity index (χ0v) is 24.9. The number of aliphatic hydroxyl groups is 1. The number of hydrogen-bond acceptors (Lipinski definition) is 6. The van der Waals surface area contributed by atoms with Gasteiger partial charge in [-0.2, -0.15) is 0 Å². The fourth-order valence-corrected chi connectivity index (χ4v) is 9.24. The van der Waals surface area contributed by atoms with Crippen LogP contribution in [-0.4, -0.2) is 70.1 Å². The minimum absolute atomic E-state index is 0.0437. The molecule has 2 amide bonds. The number of anilines is 1. The number of ether oxygens (including phenoxy) is 1. The van der Waals surface area contributed by atoms with Crippen molar-refractivity contribution in [3.63, 3.8) is 0 Å². The van der Waals surface area contributed by atoms with Crippen molar-refractivity contribution >= 4 is 46.8 Å². The number of aliphatic hydroxyl groups excluding tert-OH is 1. The molecule has 3 heterocycles. The number of aryl methyl sites for hydroxylation is 1. The average molecular weight is 589 g/mol. The molecule has 3 saturated heterocycles. The lowest BCUT2D eigenvalue weighted by Gasteiger charge is -2.37. The number of thioether (sulfide) groups is 1. The largest absolute Gasteiger partial charge is 0.465 e. The third kappa shape index (κ3) is 5.72. The minimum atomic E-state index is -0.716. The monoisotopic (exact) mass is 588 g/mol. The van der Waals surface area contributed by atoms with Gasteiger partial charge in [0.15, 0.2) is 0 Å². The van der Waals surface area contributed by atoms with E-state index in [2.05, 4.69) is 13.2 Å². The van der Waals surface area contributed by atoms with E-state index in [1.54, 1.807) is 39.8 Å². The van der Waals surface area contributed by atoms with E-state index in [0.29, 0.717) is 43.1 Å². The Labute approximate surface area is 246 Å². The topological polar surface area (TPSA) is 87.2 Å². The van der Waals surface area contributed by atoms with Gasteiger partial charge in [0.05, 0.1) is 33.9 Å². The Bertz CT molecular complexity index is 1110. The smallest absolute Gasteiger partial charge is 0.310 e. The van der Waals surface area contributed by atoms with Crippen LogP contribution in [0.15, 0.2) is 43.5 Å². The summed E-state index contributed by atoms with van der Waals surface area (Å²) in [5, 5.41) is 9.59. The van der Waals surface area contributed by atoms with Crippen molar-refractivity contribution in [1.82, 2.24) is 4.90 Å². The van der Waals surface area contributed by atoms with Crippen LogP contribution in [0.5, 0.6) is 0 Å². The highest BCUT2D eigenvalue weighted by atomic mass is 35.5. The molecular weight excluding hydrogens is 548 g/mol. The maximum Gasteiger partial charge on any atom is 0.310 e. The van der Waals surface area contributed by atoms with Gasteiger partial charge in [0.1, 0.15) is 6.04 Å². The van der Waals surface area contributed by atoms with Gasteiger partial charge in [0, 0.05) is 24.9 Å². The summed E-state index contributed by atoms with van der Waals surface area (Å²) in [5.74, 6) is -1.79. The Hall–Kier alpha value is -2.29. The SMILES string of the molecule is C=CCCCOC(=O)[C@@H]1[C@@H]2CCC3(S2)C(C(=O)N(CC=C)c2c(C)cccc2Cl)N(CCCCCCO)C(=O)[C@H]13. The van der Waals surface area contributed by atoms with E-state index in [4.69, 9.17) is 21.4 Å². The molecular formula is C31H41ClN2O5S. The number of likely N-dealkylation sites (tertiary alicyclic amines) is 1. The van der Waals surface area contributed by atoms with Crippen LogP contribution in [0, 0.1) is 18.8 Å². The highest BCUT2D eigenvalue weighted by molar-refractivity contribution is 8.02. The number of carbonyl (C=O) groups excluding carboxylic acids is 3. The van der Waals surface area contributed by atoms with Crippen molar-refractivity contribution in [2.45, 2.75) is 74.3 Å². The molecule has 9 heteroatoms. The summed E-state index contributed by atoms with van der Waals surface area (Å²) in [6.45, 7) is 10.6. The quantitative estimate of drug-likeness (QED) is 0.169. The number of allylic oxidation sites excluding steroid dienone is 1. The predicted octanol–water partition coefficient (Wildman–Crippen LogP) is 5.32. The number of hydrogen-bond donors (Lipinski definition) is 1. The maximum atomic E-state index is 14.6. The Morgan fingerprint density at radius 1 is 1.23 bits per heavy atom. The Balaban J connectivity index is 1.68. The molecule has 2 bridgehead atoms. The third-order valence-electron chi connectivity index (χ3n) is 8.45. The van der Waals surface area contributed by atoms with Gasteiger partial charge in [-0.3, -0.25) is 14.4 Å². The molecule has 3 aliphatic rings. The zero-order valence-electron chi connectivity index (χ0n) is 23.4. The van der Waals surface area contributed by atoms with Crippen LogP contribution in [0.25, 0.3) is 0 Å². The molecule has 1 N–H and O–H groups in total. The Kier molecular flexibility index (Phi) is 10.4. The van der Waals surface area contributed by atoms with Gasteiger partial charge in [0.2, 0.25) is 5.91 Å². The van der Waals surface area contributed by atoms with Crippen molar-refractivity contribution in [2.24, 2.45) is 11.8 Å². The normalized spacial score (nSPS) is 26.6. The first-order valence-electron chi connectivity index (χ1n) is 14.4. The van der Waals surface area contributed by atoms with Crippen LogP contribution in [0.3, 0.4) is 0 Å².